The van der Waals surface area contributed by atoms with Crippen molar-refractivity contribution in [3.8, 4) is 5.75 Å². The minimum atomic E-state index is -0.980. The van der Waals surface area contributed by atoms with Crippen molar-refractivity contribution in [1.29, 1.82) is 0 Å². The summed E-state index contributed by atoms with van der Waals surface area (Å²) in [6, 6.07) is 14.1. The summed E-state index contributed by atoms with van der Waals surface area (Å²) < 4.78 is 11.5. The Labute approximate surface area is 172 Å². The quantitative estimate of drug-likeness (QED) is 0.559. The largest absolute Gasteiger partial charge is 0.496 e. The molecule has 9 heteroatoms. The van der Waals surface area contributed by atoms with Crippen molar-refractivity contribution < 1.29 is 19.1 Å². The van der Waals surface area contributed by atoms with E-state index in [4.69, 9.17) is 9.47 Å². The van der Waals surface area contributed by atoms with Gasteiger partial charge in [0.15, 0.2) is 6.10 Å². The number of para-hydroxylation sites is 1. The number of carbonyl (C=O) groups is 2. The summed E-state index contributed by atoms with van der Waals surface area (Å²) in [6.45, 7) is 1.73. The number of aryl methyl sites for hydroxylation is 1. The summed E-state index contributed by atoms with van der Waals surface area (Å²) >= 11 is 0. The van der Waals surface area contributed by atoms with Gasteiger partial charge < -0.3 is 14.8 Å². The van der Waals surface area contributed by atoms with Crippen molar-refractivity contribution in [1.82, 2.24) is 20.3 Å². The molecular formula is C21H22N4O5. The molecule has 156 valence electrons. The number of hydrogen-bond acceptors (Lipinski definition) is 7. The average molecular weight is 410 g/mol. The molecule has 0 fully saturated rings. The van der Waals surface area contributed by atoms with Crippen LogP contribution in [0.25, 0.3) is 10.9 Å². The average Bonchev–Trinajstić information content (AvgIpc) is 2.77. The van der Waals surface area contributed by atoms with Crippen LogP contribution in [0.2, 0.25) is 0 Å². The van der Waals surface area contributed by atoms with Gasteiger partial charge in [0, 0.05) is 12.1 Å². The van der Waals surface area contributed by atoms with Gasteiger partial charge in [-0.25, -0.2) is 4.68 Å². The van der Waals surface area contributed by atoms with Gasteiger partial charge in [-0.2, -0.15) is 0 Å². The number of rotatable bonds is 8. The molecule has 1 aromatic heterocycles. The third kappa shape index (κ3) is 4.99. The Bertz CT molecular complexity index is 1110. The Morgan fingerprint density at radius 1 is 1.13 bits per heavy atom. The minimum absolute atomic E-state index is 0.00501. The molecule has 3 rings (SSSR count). The maximum absolute atomic E-state index is 12.4. The second-order valence-corrected chi connectivity index (χ2v) is 6.55. The molecule has 0 radical (unpaired) electrons. The zero-order chi connectivity index (χ0) is 21.5. The fourth-order valence-electron chi connectivity index (χ4n) is 2.85. The van der Waals surface area contributed by atoms with Crippen molar-refractivity contribution in [2.45, 2.75) is 32.5 Å². The second kappa shape index (κ2) is 9.64. The van der Waals surface area contributed by atoms with Crippen molar-refractivity contribution in [2.24, 2.45) is 0 Å². The molecule has 0 saturated heterocycles. The maximum atomic E-state index is 12.4. The van der Waals surface area contributed by atoms with Crippen molar-refractivity contribution >= 4 is 22.8 Å². The third-order valence-corrected chi connectivity index (χ3v) is 4.48. The zero-order valence-electron chi connectivity index (χ0n) is 16.7. The Morgan fingerprint density at radius 3 is 2.67 bits per heavy atom. The number of ether oxygens (including phenoxy) is 2. The molecule has 0 aliphatic heterocycles. The molecule has 30 heavy (non-hydrogen) atoms. The van der Waals surface area contributed by atoms with Crippen LogP contribution in [0.5, 0.6) is 5.75 Å². The first kappa shape index (κ1) is 21.0. The Hall–Kier alpha value is -3.75. The number of nitrogens with zero attached hydrogens (tertiary/aromatic N) is 3. The molecule has 1 amide bonds. The lowest BCUT2D eigenvalue weighted by Gasteiger charge is -2.14. The SMILES string of the molecule is COc1ccccc1CNC(=O)[C@H](C)OC(=O)CCn1nnc2ccccc2c1=O. The van der Waals surface area contributed by atoms with E-state index in [0.717, 1.165) is 10.2 Å². The van der Waals surface area contributed by atoms with Crippen LogP contribution in [-0.4, -0.2) is 40.1 Å². The molecule has 1 N–H and O–H groups in total. The fourth-order valence-corrected chi connectivity index (χ4v) is 2.85. The molecule has 9 nitrogen and oxygen atoms in total. The first-order valence-corrected chi connectivity index (χ1v) is 9.41. The smallest absolute Gasteiger partial charge is 0.308 e. The summed E-state index contributed by atoms with van der Waals surface area (Å²) in [4.78, 5) is 36.7. The van der Waals surface area contributed by atoms with Gasteiger partial charge >= 0.3 is 5.97 Å². The number of benzene rings is 2. The molecule has 0 unspecified atom stereocenters. The van der Waals surface area contributed by atoms with E-state index in [2.05, 4.69) is 15.6 Å². The molecule has 0 spiro atoms. The number of aromatic nitrogens is 3. The van der Waals surface area contributed by atoms with E-state index in [9.17, 15) is 14.4 Å². The van der Waals surface area contributed by atoms with Crippen molar-refractivity contribution in [2.75, 3.05) is 7.11 Å². The maximum Gasteiger partial charge on any atom is 0.308 e. The summed E-state index contributed by atoms with van der Waals surface area (Å²) in [5, 5.41) is 10.9. The molecular weight excluding hydrogens is 388 g/mol. The number of methoxy groups -OCH3 is 1. The van der Waals surface area contributed by atoms with E-state index in [0.29, 0.717) is 16.7 Å². The van der Waals surface area contributed by atoms with E-state index in [1.807, 2.05) is 18.2 Å². The summed E-state index contributed by atoms with van der Waals surface area (Å²) in [7, 11) is 1.55. The van der Waals surface area contributed by atoms with Crippen LogP contribution >= 0.6 is 0 Å². The molecule has 1 atom stereocenters. The van der Waals surface area contributed by atoms with E-state index in [-0.39, 0.29) is 25.1 Å². The highest BCUT2D eigenvalue weighted by Gasteiger charge is 2.18. The van der Waals surface area contributed by atoms with Crippen LogP contribution in [0.15, 0.2) is 53.3 Å². The van der Waals surface area contributed by atoms with Gasteiger partial charge in [-0.3, -0.25) is 14.4 Å². The van der Waals surface area contributed by atoms with Crippen molar-refractivity contribution in [3.05, 3.63) is 64.4 Å². The van der Waals surface area contributed by atoms with E-state index < -0.39 is 18.0 Å². The number of hydrogen-bond donors (Lipinski definition) is 1. The second-order valence-electron chi connectivity index (χ2n) is 6.55. The standard InChI is InChI=1S/C21H22N4O5/c1-14(20(27)22-13-15-7-3-6-10-18(15)29-2)30-19(26)11-12-25-21(28)16-8-4-5-9-17(16)23-24-25/h3-10,14H,11-13H2,1-2H3,(H,22,27)/t14-/m0/s1. The van der Waals surface area contributed by atoms with Gasteiger partial charge in [0.1, 0.15) is 11.3 Å². The molecule has 0 aliphatic carbocycles. The molecule has 0 bridgehead atoms. The Balaban J connectivity index is 1.51. The zero-order valence-corrected chi connectivity index (χ0v) is 16.7. The normalized spacial score (nSPS) is 11.7. The van der Waals surface area contributed by atoms with Crippen LogP contribution in [0.1, 0.15) is 18.9 Å². The van der Waals surface area contributed by atoms with Crippen molar-refractivity contribution in [3.63, 3.8) is 0 Å². The van der Waals surface area contributed by atoms with Crippen LogP contribution < -0.4 is 15.6 Å². The third-order valence-electron chi connectivity index (χ3n) is 4.48. The molecule has 3 aromatic rings. The summed E-state index contributed by atoms with van der Waals surface area (Å²) in [5.74, 6) is -0.391. The van der Waals surface area contributed by atoms with Gasteiger partial charge in [-0.15, -0.1) is 5.10 Å². The summed E-state index contributed by atoms with van der Waals surface area (Å²) in [6.07, 6.45) is -1.09. The van der Waals surface area contributed by atoms with Gasteiger partial charge in [0.05, 0.1) is 25.5 Å². The lowest BCUT2D eigenvalue weighted by atomic mass is 10.2. The first-order chi connectivity index (χ1) is 14.5. The van der Waals surface area contributed by atoms with E-state index >= 15 is 0 Å². The fraction of sp³-hybridized carbons (Fsp3) is 0.286. The Morgan fingerprint density at radius 2 is 1.87 bits per heavy atom. The first-order valence-electron chi connectivity index (χ1n) is 9.41. The molecule has 0 aliphatic rings. The number of amides is 1. The monoisotopic (exact) mass is 410 g/mol. The van der Waals surface area contributed by atoms with Crippen LogP contribution in [0, 0.1) is 0 Å². The molecule has 1 heterocycles. The van der Waals surface area contributed by atoms with Gasteiger partial charge in [0.2, 0.25) is 0 Å². The van der Waals surface area contributed by atoms with Gasteiger partial charge in [-0.05, 0) is 25.1 Å². The molecule has 2 aromatic carbocycles. The number of carbonyl (C=O) groups excluding carboxylic acids is 2. The van der Waals surface area contributed by atoms with Gasteiger partial charge in [-0.1, -0.05) is 35.5 Å². The Kier molecular flexibility index (Phi) is 6.74. The number of nitrogens with one attached hydrogen (secondary N) is 1. The van der Waals surface area contributed by atoms with Crippen LogP contribution in [-0.2, 0) is 27.4 Å². The van der Waals surface area contributed by atoms with Crippen LogP contribution in [0.4, 0.5) is 0 Å². The lowest BCUT2D eigenvalue weighted by molar-refractivity contribution is -0.155. The lowest BCUT2D eigenvalue weighted by Crippen LogP contribution is -2.36. The highest BCUT2D eigenvalue weighted by Crippen LogP contribution is 2.16. The number of esters is 1. The summed E-state index contributed by atoms with van der Waals surface area (Å²) in [5.41, 5.74) is 0.957. The topological polar surface area (TPSA) is 112 Å². The predicted octanol–water partition coefficient (Wildman–Crippen LogP) is 1.44. The van der Waals surface area contributed by atoms with E-state index in [1.54, 1.807) is 37.4 Å². The minimum Gasteiger partial charge on any atom is -0.496 e. The number of fused-ring (bicyclic) bond motifs is 1. The molecule has 0 saturated carbocycles. The van der Waals surface area contributed by atoms with Gasteiger partial charge in [0.25, 0.3) is 11.5 Å². The van der Waals surface area contributed by atoms with Crippen LogP contribution in [0.3, 0.4) is 0 Å². The highest BCUT2D eigenvalue weighted by atomic mass is 16.5. The van der Waals surface area contributed by atoms with E-state index in [1.165, 1.54) is 6.92 Å². The highest BCUT2D eigenvalue weighted by molar-refractivity contribution is 5.83. The predicted molar refractivity (Wildman–Crippen MR) is 109 cm³/mol.